The lowest BCUT2D eigenvalue weighted by atomic mass is 10.5. The SMILES string of the molecule is CS(=O)(=O)NCCCOCC(O)NS(C)(=O)=O. The minimum Gasteiger partial charge on any atom is -0.377 e. The van der Waals surface area contributed by atoms with Gasteiger partial charge in [0.25, 0.3) is 0 Å². The molecule has 0 rings (SSSR count). The molecule has 0 spiro atoms. The predicted octanol–water partition coefficient (Wildman–Crippen LogP) is -2.19. The highest BCUT2D eigenvalue weighted by molar-refractivity contribution is 7.89. The van der Waals surface area contributed by atoms with E-state index in [2.05, 4.69) is 4.72 Å². The lowest BCUT2D eigenvalue weighted by Gasteiger charge is -2.11. The summed E-state index contributed by atoms with van der Waals surface area (Å²) >= 11 is 0. The molecule has 104 valence electrons. The number of aliphatic hydroxyl groups excluding tert-OH is 1. The van der Waals surface area contributed by atoms with Gasteiger partial charge in [-0.2, -0.15) is 4.72 Å². The van der Waals surface area contributed by atoms with Crippen molar-refractivity contribution < 1.29 is 26.7 Å². The summed E-state index contributed by atoms with van der Waals surface area (Å²) in [6.07, 6.45) is 1.10. The zero-order valence-corrected chi connectivity index (χ0v) is 11.3. The molecule has 0 heterocycles. The molecule has 0 aromatic carbocycles. The first-order valence-corrected chi connectivity index (χ1v) is 8.56. The molecule has 3 N–H and O–H groups in total. The van der Waals surface area contributed by atoms with E-state index in [1.165, 1.54) is 0 Å². The summed E-state index contributed by atoms with van der Waals surface area (Å²) in [6.45, 7) is 0.255. The van der Waals surface area contributed by atoms with E-state index in [9.17, 15) is 16.8 Å². The van der Waals surface area contributed by atoms with E-state index in [0.717, 1.165) is 12.5 Å². The Morgan fingerprint density at radius 1 is 1.18 bits per heavy atom. The van der Waals surface area contributed by atoms with Crippen molar-refractivity contribution in [1.82, 2.24) is 9.44 Å². The van der Waals surface area contributed by atoms with Gasteiger partial charge in [-0.15, -0.1) is 0 Å². The van der Waals surface area contributed by atoms with Crippen LogP contribution in [0.5, 0.6) is 0 Å². The Hall–Kier alpha value is -0.260. The monoisotopic (exact) mass is 290 g/mol. The van der Waals surface area contributed by atoms with Crippen molar-refractivity contribution in [3.8, 4) is 0 Å². The van der Waals surface area contributed by atoms with E-state index in [4.69, 9.17) is 9.84 Å². The van der Waals surface area contributed by atoms with Crippen LogP contribution in [0.3, 0.4) is 0 Å². The Morgan fingerprint density at radius 3 is 2.24 bits per heavy atom. The van der Waals surface area contributed by atoms with Crippen molar-refractivity contribution in [3.63, 3.8) is 0 Å². The van der Waals surface area contributed by atoms with Crippen LogP contribution in [0, 0.1) is 0 Å². The maximum Gasteiger partial charge on any atom is 0.210 e. The number of aliphatic hydroxyl groups is 1. The molecule has 17 heavy (non-hydrogen) atoms. The summed E-state index contributed by atoms with van der Waals surface area (Å²) in [5.41, 5.74) is 0. The van der Waals surface area contributed by atoms with Gasteiger partial charge in [-0.25, -0.2) is 21.6 Å². The lowest BCUT2D eigenvalue weighted by molar-refractivity contribution is 0.0308. The molecule has 8 nitrogen and oxygen atoms in total. The van der Waals surface area contributed by atoms with Crippen molar-refractivity contribution in [2.45, 2.75) is 12.6 Å². The number of nitrogens with one attached hydrogen (secondary N) is 2. The third kappa shape index (κ3) is 13.7. The topological polar surface area (TPSA) is 122 Å². The summed E-state index contributed by atoms with van der Waals surface area (Å²) in [4.78, 5) is 0. The fraction of sp³-hybridized carbons (Fsp3) is 1.00. The van der Waals surface area contributed by atoms with E-state index < -0.39 is 26.3 Å². The standard InChI is InChI=1S/C7H18N2O6S2/c1-16(11,12)8-4-3-5-15-6-7(10)9-17(2,13)14/h7-10H,3-6H2,1-2H3. The number of sulfonamides is 2. The van der Waals surface area contributed by atoms with Crippen LogP contribution in [-0.2, 0) is 24.8 Å². The van der Waals surface area contributed by atoms with Gasteiger partial charge in [0.1, 0.15) is 6.23 Å². The van der Waals surface area contributed by atoms with Crippen molar-refractivity contribution in [3.05, 3.63) is 0 Å². The van der Waals surface area contributed by atoms with Crippen LogP contribution in [0.1, 0.15) is 6.42 Å². The molecular formula is C7H18N2O6S2. The minimum absolute atomic E-state index is 0.189. The zero-order valence-electron chi connectivity index (χ0n) is 9.71. The van der Waals surface area contributed by atoms with Crippen LogP contribution >= 0.6 is 0 Å². The first-order valence-electron chi connectivity index (χ1n) is 4.78. The molecule has 0 aromatic heterocycles. The van der Waals surface area contributed by atoms with Crippen LogP contribution in [0.15, 0.2) is 0 Å². The molecule has 0 bridgehead atoms. The molecular weight excluding hydrogens is 272 g/mol. The first kappa shape index (κ1) is 16.7. The Balaban J connectivity index is 3.53. The molecule has 0 aliphatic rings. The maximum absolute atomic E-state index is 10.7. The molecule has 0 amide bonds. The number of ether oxygens (including phenoxy) is 1. The number of hydrogen-bond donors (Lipinski definition) is 3. The van der Waals surface area contributed by atoms with Gasteiger partial charge in [0, 0.05) is 13.2 Å². The highest BCUT2D eigenvalue weighted by Crippen LogP contribution is 1.87. The van der Waals surface area contributed by atoms with Crippen LogP contribution in [-0.4, -0.2) is 60.4 Å². The Morgan fingerprint density at radius 2 is 1.76 bits per heavy atom. The minimum atomic E-state index is -3.46. The molecule has 10 heteroatoms. The molecule has 0 aromatic rings. The third-order valence-corrected chi connectivity index (χ3v) is 2.88. The van der Waals surface area contributed by atoms with Gasteiger partial charge < -0.3 is 9.84 Å². The fourth-order valence-corrected chi connectivity index (χ4v) is 1.99. The van der Waals surface area contributed by atoms with E-state index in [1.807, 2.05) is 4.72 Å². The molecule has 0 aliphatic heterocycles. The van der Waals surface area contributed by atoms with Gasteiger partial charge in [0.2, 0.25) is 20.0 Å². The van der Waals surface area contributed by atoms with Crippen LogP contribution in [0.2, 0.25) is 0 Å². The zero-order chi connectivity index (χ0) is 13.5. The Kier molecular flexibility index (Phi) is 7.13. The average molecular weight is 290 g/mol. The van der Waals surface area contributed by atoms with Gasteiger partial charge in [-0.3, -0.25) is 0 Å². The highest BCUT2D eigenvalue weighted by atomic mass is 32.2. The Labute approximate surface area is 101 Å². The normalized spacial score (nSPS) is 14.8. The third-order valence-electron chi connectivity index (χ3n) is 1.46. The predicted molar refractivity (Wildman–Crippen MR) is 62.3 cm³/mol. The Bertz CT molecular complexity index is 404. The highest BCUT2D eigenvalue weighted by Gasteiger charge is 2.09. The smallest absolute Gasteiger partial charge is 0.210 e. The summed E-state index contributed by atoms with van der Waals surface area (Å²) < 4.78 is 51.8. The van der Waals surface area contributed by atoms with E-state index in [-0.39, 0.29) is 19.8 Å². The second-order valence-electron chi connectivity index (χ2n) is 3.50. The lowest BCUT2D eigenvalue weighted by Crippen LogP contribution is -2.37. The van der Waals surface area contributed by atoms with Gasteiger partial charge in [0.05, 0.1) is 19.1 Å². The quantitative estimate of drug-likeness (QED) is 0.327. The van der Waals surface area contributed by atoms with Gasteiger partial charge >= 0.3 is 0 Å². The molecule has 1 unspecified atom stereocenters. The maximum atomic E-state index is 10.7. The van der Waals surface area contributed by atoms with Crippen molar-refractivity contribution in [2.75, 3.05) is 32.3 Å². The molecule has 0 fully saturated rings. The van der Waals surface area contributed by atoms with E-state index in [1.54, 1.807) is 0 Å². The van der Waals surface area contributed by atoms with Gasteiger partial charge in [-0.05, 0) is 6.42 Å². The van der Waals surface area contributed by atoms with Crippen molar-refractivity contribution in [2.24, 2.45) is 0 Å². The largest absolute Gasteiger partial charge is 0.377 e. The van der Waals surface area contributed by atoms with E-state index in [0.29, 0.717) is 6.42 Å². The summed E-state index contributed by atoms with van der Waals surface area (Å²) in [5.74, 6) is 0. The summed E-state index contributed by atoms with van der Waals surface area (Å²) in [5, 5.41) is 9.14. The molecule has 1 atom stereocenters. The number of hydrogen-bond acceptors (Lipinski definition) is 6. The van der Waals surface area contributed by atoms with E-state index >= 15 is 0 Å². The summed E-state index contributed by atoms with van der Waals surface area (Å²) in [7, 11) is -6.66. The number of rotatable bonds is 9. The van der Waals surface area contributed by atoms with Crippen LogP contribution < -0.4 is 9.44 Å². The molecule has 0 saturated heterocycles. The fourth-order valence-electron chi connectivity index (χ4n) is 0.908. The first-order chi connectivity index (χ1) is 7.60. The molecule has 0 aliphatic carbocycles. The van der Waals surface area contributed by atoms with Crippen LogP contribution in [0.25, 0.3) is 0 Å². The summed E-state index contributed by atoms with van der Waals surface area (Å²) in [6, 6.07) is 0. The van der Waals surface area contributed by atoms with Gasteiger partial charge in [0.15, 0.2) is 0 Å². The average Bonchev–Trinajstić information content (AvgIpc) is 2.06. The molecule has 0 radical (unpaired) electrons. The molecule has 0 saturated carbocycles. The van der Waals surface area contributed by atoms with Crippen molar-refractivity contribution in [1.29, 1.82) is 0 Å². The van der Waals surface area contributed by atoms with Gasteiger partial charge in [-0.1, -0.05) is 0 Å². The van der Waals surface area contributed by atoms with Crippen LogP contribution in [0.4, 0.5) is 0 Å². The second-order valence-corrected chi connectivity index (χ2v) is 7.11. The second kappa shape index (κ2) is 7.24. The van der Waals surface area contributed by atoms with Crippen molar-refractivity contribution >= 4 is 20.0 Å².